The lowest BCUT2D eigenvalue weighted by Crippen LogP contribution is -2.40. The number of amides is 1. The van der Waals surface area contributed by atoms with Gasteiger partial charge in [0.25, 0.3) is 0 Å². The van der Waals surface area contributed by atoms with E-state index in [1.165, 1.54) is 4.90 Å². The van der Waals surface area contributed by atoms with E-state index in [1.54, 1.807) is 20.1 Å². The molecule has 0 aromatic carbocycles. The molecule has 0 spiro atoms. The summed E-state index contributed by atoms with van der Waals surface area (Å²) >= 11 is 0. The standard InChI is InChI=1S/C13H23NO4/c1-6-8-14(10-12(16)18-7-2)11(15)9-13(3,4)17-5/h6H,1,7-10H2,2-5H3. The zero-order chi connectivity index (χ0) is 14.2. The van der Waals surface area contributed by atoms with E-state index in [2.05, 4.69) is 6.58 Å². The number of methoxy groups -OCH3 is 1. The Morgan fingerprint density at radius 3 is 2.44 bits per heavy atom. The first-order valence-electron chi connectivity index (χ1n) is 5.95. The molecule has 5 nitrogen and oxygen atoms in total. The van der Waals surface area contributed by atoms with E-state index in [-0.39, 0.29) is 18.9 Å². The molecule has 0 saturated heterocycles. The van der Waals surface area contributed by atoms with Crippen molar-refractivity contribution in [2.24, 2.45) is 0 Å². The Kier molecular flexibility index (Phi) is 7.27. The van der Waals surface area contributed by atoms with Crippen molar-refractivity contribution in [3.05, 3.63) is 12.7 Å². The van der Waals surface area contributed by atoms with E-state index < -0.39 is 11.6 Å². The van der Waals surface area contributed by atoms with Gasteiger partial charge in [0.05, 0.1) is 18.6 Å². The maximum absolute atomic E-state index is 12.0. The molecule has 0 aliphatic rings. The molecular weight excluding hydrogens is 234 g/mol. The van der Waals surface area contributed by atoms with Crippen LogP contribution in [0.15, 0.2) is 12.7 Å². The lowest BCUT2D eigenvalue weighted by atomic mass is 10.0. The largest absolute Gasteiger partial charge is 0.465 e. The van der Waals surface area contributed by atoms with Crippen LogP contribution in [0.4, 0.5) is 0 Å². The first kappa shape index (κ1) is 16.6. The van der Waals surface area contributed by atoms with Crippen molar-refractivity contribution >= 4 is 11.9 Å². The monoisotopic (exact) mass is 257 g/mol. The van der Waals surface area contributed by atoms with Crippen molar-refractivity contribution < 1.29 is 19.1 Å². The van der Waals surface area contributed by atoms with Crippen LogP contribution in [0.2, 0.25) is 0 Å². The van der Waals surface area contributed by atoms with Gasteiger partial charge < -0.3 is 14.4 Å². The summed E-state index contributed by atoms with van der Waals surface area (Å²) in [6, 6.07) is 0. The molecule has 104 valence electrons. The van der Waals surface area contributed by atoms with Crippen molar-refractivity contribution in [2.75, 3.05) is 26.8 Å². The summed E-state index contributed by atoms with van der Waals surface area (Å²) < 4.78 is 10.0. The smallest absolute Gasteiger partial charge is 0.325 e. The van der Waals surface area contributed by atoms with Crippen molar-refractivity contribution in [1.29, 1.82) is 0 Å². The second-order valence-electron chi connectivity index (χ2n) is 4.51. The minimum atomic E-state index is -0.550. The van der Waals surface area contributed by atoms with Crippen molar-refractivity contribution in [1.82, 2.24) is 4.90 Å². The number of hydrogen-bond acceptors (Lipinski definition) is 4. The highest BCUT2D eigenvalue weighted by Crippen LogP contribution is 2.14. The molecule has 1 amide bonds. The van der Waals surface area contributed by atoms with Crippen LogP contribution in [-0.2, 0) is 19.1 Å². The first-order valence-corrected chi connectivity index (χ1v) is 5.95. The fourth-order valence-electron chi connectivity index (χ4n) is 1.32. The molecule has 0 unspecified atom stereocenters. The van der Waals surface area contributed by atoms with E-state index in [1.807, 2.05) is 13.8 Å². The van der Waals surface area contributed by atoms with Gasteiger partial charge in [-0.15, -0.1) is 6.58 Å². The predicted octanol–water partition coefficient (Wildman–Crippen LogP) is 1.38. The molecule has 0 atom stereocenters. The number of esters is 1. The molecule has 0 bridgehead atoms. The number of carbonyl (C=O) groups excluding carboxylic acids is 2. The van der Waals surface area contributed by atoms with Gasteiger partial charge in [0.15, 0.2) is 0 Å². The second kappa shape index (κ2) is 7.87. The Labute approximate surface area is 109 Å². The topological polar surface area (TPSA) is 55.8 Å². The molecule has 18 heavy (non-hydrogen) atoms. The van der Waals surface area contributed by atoms with Crippen LogP contribution in [0.5, 0.6) is 0 Å². The van der Waals surface area contributed by atoms with E-state index in [0.717, 1.165) is 0 Å². The molecule has 0 saturated carbocycles. The highest BCUT2D eigenvalue weighted by molar-refractivity contribution is 5.82. The van der Waals surface area contributed by atoms with Crippen molar-refractivity contribution in [3.63, 3.8) is 0 Å². The van der Waals surface area contributed by atoms with Crippen LogP contribution in [-0.4, -0.2) is 49.2 Å². The summed E-state index contributed by atoms with van der Waals surface area (Å²) in [5.41, 5.74) is -0.550. The molecule has 0 heterocycles. The summed E-state index contributed by atoms with van der Waals surface area (Å²) in [5, 5.41) is 0. The minimum absolute atomic E-state index is 0.0571. The van der Waals surface area contributed by atoms with E-state index in [0.29, 0.717) is 13.2 Å². The third-order valence-corrected chi connectivity index (χ3v) is 2.46. The SMILES string of the molecule is C=CCN(CC(=O)OCC)C(=O)CC(C)(C)OC. The molecular formula is C13H23NO4. The highest BCUT2D eigenvalue weighted by Gasteiger charge is 2.25. The van der Waals surface area contributed by atoms with Crippen LogP contribution < -0.4 is 0 Å². The molecule has 0 fully saturated rings. The molecule has 0 aliphatic heterocycles. The molecule has 0 aliphatic carbocycles. The number of carbonyl (C=O) groups is 2. The quantitative estimate of drug-likeness (QED) is 0.487. The number of hydrogen-bond donors (Lipinski definition) is 0. The lowest BCUT2D eigenvalue weighted by Gasteiger charge is -2.27. The zero-order valence-electron chi connectivity index (χ0n) is 11.7. The summed E-state index contributed by atoms with van der Waals surface area (Å²) in [6.07, 6.45) is 1.79. The van der Waals surface area contributed by atoms with Gasteiger partial charge in [0.2, 0.25) is 5.91 Å². The Bertz CT molecular complexity index is 299. The first-order chi connectivity index (χ1) is 8.36. The van der Waals surface area contributed by atoms with E-state index in [4.69, 9.17) is 9.47 Å². The fourth-order valence-corrected chi connectivity index (χ4v) is 1.32. The summed E-state index contributed by atoms with van der Waals surface area (Å²) in [7, 11) is 1.55. The molecule has 0 N–H and O–H groups in total. The van der Waals surface area contributed by atoms with Crippen molar-refractivity contribution in [3.8, 4) is 0 Å². The Morgan fingerprint density at radius 2 is 2.00 bits per heavy atom. The van der Waals surface area contributed by atoms with Gasteiger partial charge in [-0.1, -0.05) is 6.08 Å². The summed E-state index contributed by atoms with van der Waals surface area (Å²) in [4.78, 5) is 24.8. The zero-order valence-corrected chi connectivity index (χ0v) is 11.7. The third kappa shape index (κ3) is 6.39. The molecule has 0 aromatic heterocycles. The highest BCUT2D eigenvalue weighted by atomic mass is 16.5. The van der Waals surface area contributed by atoms with E-state index in [9.17, 15) is 9.59 Å². The van der Waals surface area contributed by atoms with E-state index >= 15 is 0 Å². The molecule has 5 heteroatoms. The Hall–Kier alpha value is -1.36. The molecule has 0 rings (SSSR count). The van der Waals surface area contributed by atoms with Crippen molar-refractivity contribution in [2.45, 2.75) is 32.8 Å². The summed E-state index contributed by atoms with van der Waals surface area (Å²) in [5.74, 6) is -0.572. The second-order valence-corrected chi connectivity index (χ2v) is 4.51. The van der Waals surface area contributed by atoms with Crippen LogP contribution >= 0.6 is 0 Å². The van der Waals surface area contributed by atoms with Gasteiger partial charge >= 0.3 is 5.97 Å². The molecule has 0 radical (unpaired) electrons. The normalized spacial score (nSPS) is 10.9. The Balaban J connectivity index is 4.53. The fraction of sp³-hybridized carbons (Fsp3) is 0.692. The van der Waals surface area contributed by atoms with Gasteiger partial charge in [0, 0.05) is 13.7 Å². The van der Waals surface area contributed by atoms with Crippen LogP contribution in [0.25, 0.3) is 0 Å². The van der Waals surface area contributed by atoms with Gasteiger partial charge in [0.1, 0.15) is 6.54 Å². The average molecular weight is 257 g/mol. The maximum atomic E-state index is 12.0. The summed E-state index contributed by atoms with van der Waals surface area (Å²) in [6.45, 7) is 9.51. The minimum Gasteiger partial charge on any atom is -0.465 e. The van der Waals surface area contributed by atoms with Gasteiger partial charge in [-0.05, 0) is 20.8 Å². The van der Waals surface area contributed by atoms with Gasteiger partial charge in [-0.3, -0.25) is 9.59 Å². The van der Waals surface area contributed by atoms with Crippen LogP contribution in [0.3, 0.4) is 0 Å². The number of nitrogens with zero attached hydrogens (tertiary/aromatic N) is 1. The Morgan fingerprint density at radius 1 is 1.39 bits per heavy atom. The van der Waals surface area contributed by atoms with Crippen LogP contribution in [0, 0.1) is 0 Å². The number of ether oxygens (including phenoxy) is 2. The molecule has 0 aromatic rings. The van der Waals surface area contributed by atoms with Gasteiger partial charge in [-0.25, -0.2) is 0 Å². The lowest BCUT2D eigenvalue weighted by molar-refractivity contribution is -0.150. The average Bonchev–Trinajstić information content (AvgIpc) is 2.28. The third-order valence-electron chi connectivity index (χ3n) is 2.46. The van der Waals surface area contributed by atoms with Crippen LogP contribution in [0.1, 0.15) is 27.2 Å². The number of rotatable bonds is 8. The van der Waals surface area contributed by atoms with Gasteiger partial charge in [-0.2, -0.15) is 0 Å². The predicted molar refractivity (Wildman–Crippen MR) is 69.1 cm³/mol. The maximum Gasteiger partial charge on any atom is 0.325 e.